The lowest BCUT2D eigenvalue weighted by atomic mass is 9.90. The molecule has 1 spiro atoms. The average Bonchev–Trinajstić information content (AvgIpc) is 3.07. The number of carboxylic acid groups (broad SMARTS) is 1. The Morgan fingerprint density at radius 1 is 1.15 bits per heavy atom. The predicted octanol–water partition coefficient (Wildman–Crippen LogP) is 1.99. The molecule has 1 aromatic heterocycles. The van der Waals surface area contributed by atoms with Gasteiger partial charge in [0.1, 0.15) is 17.2 Å². The van der Waals surface area contributed by atoms with Gasteiger partial charge in [0.25, 0.3) is 5.91 Å². The zero-order valence-electron chi connectivity index (χ0n) is 19.2. The van der Waals surface area contributed by atoms with Gasteiger partial charge in [-0.3, -0.25) is 14.5 Å². The molecule has 1 aromatic carbocycles. The number of benzene rings is 1. The van der Waals surface area contributed by atoms with Crippen molar-refractivity contribution in [3.63, 3.8) is 0 Å². The molecule has 2 fully saturated rings. The fourth-order valence-electron chi connectivity index (χ4n) is 4.06. The van der Waals surface area contributed by atoms with Crippen LogP contribution in [0.5, 0.6) is 0 Å². The van der Waals surface area contributed by atoms with Crippen molar-refractivity contribution in [2.24, 2.45) is 0 Å². The maximum atomic E-state index is 12.9. The van der Waals surface area contributed by atoms with Gasteiger partial charge in [-0.2, -0.15) is 13.2 Å². The van der Waals surface area contributed by atoms with Crippen LogP contribution in [0.15, 0.2) is 28.7 Å². The van der Waals surface area contributed by atoms with Gasteiger partial charge in [-0.15, -0.1) is 0 Å². The van der Waals surface area contributed by atoms with Crippen LogP contribution in [-0.4, -0.2) is 103 Å². The molecular weight excluding hydrogens is 459 g/mol. The highest BCUT2D eigenvalue weighted by atomic mass is 19.4. The zero-order valence-corrected chi connectivity index (χ0v) is 19.2. The quantitative estimate of drug-likeness (QED) is 0.694. The van der Waals surface area contributed by atoms with E-state index >= 15 is 0 Å². The Bertz CT molecular complexity index is 1090. The van der Waals surface area contributed by atoms with Gasteiger partial charge in [0.2, 0.25) is 5.91 Å². The molecule has 2 amide bonds. The number of ether oxygens (including phenoxy) is 1. The number of likely N-dealkylation sites (N-methyl/N-ethyl adjacent to an activating group) is 2. The number of aryl methyl sites for hydroxylation is 1. The summed E-state index contributed by atoms with van der Waals surface area (Å²) in [6.45, 7) is 3.90. The van der Waals surface area contributed by atoms with Crippen molar-refractivity contribution < 1.29 is 41.8 Å². The van der Waals surface area contributed by atoms with Gasteiger partial charge < -0.3 is 24.1 Å². The van der Waals surface area contributed by atoms with E-state index in [0.29, 0.717) is 32.0 Å². The highest BCUT2D eigenvalue weighted by molar-refractivity contribution is 5.99. The molecule has 0 bridgehead atoms. The number of aliphatic carboxylic acids is 1. The van der Waals surface area contributed by atoms with Crippen LogP contribution in [0, 0.1) is 6.92 Å². The molecule has 186 valence electrons. The van der Waals surface area contributed by atoms with Crippen LogP contribution in [0.1, 0.15) is 16.1 Å². The first kappa shape index (κ1) is 25.5. The molecule has 2 saturated heterocycles. The number of halogens is 3. The molecule has 9 nitrogen and oxygen atoms in total. The van der Waals surface area contributed by atoms with E-state index in [-0.39, 0.29) is 17.9 Å². The van der Waals surface area contributed by atoms with Crippen molar-refractivity contribution in [1.82, 2.24) is 14.7 Å². The molecule has 34 heavy (non-hydrogen) atoms. The van der Waals surface area contributed by atoms with Crippen LogP contribution in [-0.2, 0) is 14.3 Å². The van der Waals surface area contributed by atoms with Gasteiger partial charge in [-0.25, -0.2) is 4.79 Å². The summed E-state index contributed by atoms with van der Waals surface area (Å²) in [6, 6.07) is 7.40. The van der Waals surface area contributed by atoms with E-state index in [0.717, 1.165) is 16.5 Å². The number of carbonyl (C=O) groups is 3. The number of furan rings is 1. The number of amides is 2. The Balaban J connectivity index is 0.000000406. The Morgan fingerprint density at radius 2 is 1.74 bits per heavy atom. The van der Waals surface area contributed by atoms with Crippen molar-refractivity contribution in [2.45, 2.75) is 24.7 Å². The second-order valence-corrected chi connectivity index (χ2v) is 8.67. The van der Waals surface area contributed by atoms with Crippen molar-refractivity contribution in [2.75, 3.05) is 47.4 Å². The molecule has 2 aliphatic rings. The minimum absolute atomic E-state index is 0.0394. The third-order valence-corrected chi connectivity index (χ3v) is 5.87. The standard InChI is InChI=1S/C20H25N3O4.C2HF3O2/c1-13-14-7-5-6-8-16(14)27-17(13)19(25)23-11-20(12-23)10-22(4)15(9-26-20)18(24)21(2)3;3-2(4,5)1(6)7/h5-8,15H,9-12H2,1-4H3;(H,6,7). The van der Waals surface area contributed by atoms with Crippen molar-refractivity contribution in [1.29, 1.82) is 0 Å². The van der Waals surface area contributed by atoms with Gasteiger partial charge in [-0.1, -0.05) is 18.2 Å². The molecule has 0 aliphatic carbocycles. The molecule has 1 atom stereocenters. The molecule has 0 saturated carbocycles. The highest BCUT2D eigenvalue weighted by Gasteiger charge is 2.52. The number of hydrogen-bond donors (Lipinski definition) is 1. The number of alkyl halides is 3. The molecular formula is C22H26F3N3O6. The first-order valence-corrected chi connectivity index (χ1v) is 10.4. The summed E-state index contributed by atoms with van der Waals surface area (Å²) in [5, 5.41) is 8.09. The van der Waals surface area contributed by atoms with Gasteiger partial charge in [-0.05, 0) is 20.0 Å². The van der Waals surface area contributed by atoms with Crippen molar-refractivity contribution in [3.05, 3.63) is 35.6 Å². The van der Waals surface area contributed by atoms with Crippen LogP contribution in [0.25, 0.3) is 11.0 Å². The molecule has 2 aliphatic heterocycles. The van der Waals surface area contributed by atoms with E-state index in [1.165, 1.54) is 0 Å². The lowest BCUT2D eigenvalue weighted by molar-refractivity contribution is -0.192. The number of para-hydroxylation sites is 1. The number of rotatable bonds is 2. The number of carbonyl (C=O) groups excluding carboxylic acids is 2. The molecule has 2 aromatic rings. The summed E-state index contributed by atoms with van der Waals surface area (Å²) in [6.07, 6.45) is -5.08. The summed E-state index contributed by atoms with van der Waals surface area (Å²) in [7, 11) is 5.43. The maximum Gasteiger partial charge on any atom is 0.490 e. The average molecular weight is 485 g/mol. The fourth-order valence-corrected chi connectivity index (χ4v) is 4.06. The lowest BCUT2D eigenvalue weighted by Crippen LogP contribution is -2.73. The number of fused-ring (bicyclic) bond motifs is 1. The normalized spacial score (nSPS) is 19.9. The second-order valence-electron chi connectivity index (χ2n) is 8.67. The Labute approximate surface area is 193 Å². The van der Waals surface area contributed by atoms with E-state index in [4.69, 9.17) is 19.1 Å². The fraction of sp³-hybridized carbons (Fsp3) is 0.500. The van der Waals surface area contributed by atoms with E-state index in [1.807, 2.05) is 43.1 Å². The van der Waals surface area contributed by atoms with Crippen LogP contribution >= 0.6 is 0 Å². The number of carboxylic acids is 1. The first-order chi connectivity index (χ1) is 15.8. The topological polar surface area (TPSA) is 104 Å². The van der Waals surface area contributed by atoms with Gasteiger partial charge in [0.15, 0.2) is 5.76 Å². The van der Waals surface area contributed by atoms with Crippen LogP contribution in [0.4, 0.5) is 13.2 Å². The second kappa shape index (κ2) is 9.26. The number of likely N-dealkylation sites (tertiary alicyclic amines) is 1. The highest BCUT2D eigenvalue weighted by Crippen LogP contribution is 2.34. The third kappa shape index (κ3) is 5.02. The van der Waals surface area contributed by atoms with E-state index in [9.17, 15) is 22.8 Å². The summed E-state index contributed by atoms with van der Waals surface area (Å²) >= 11 is 0. The van der Waals surface area contributed by atoms with E-state index < -0.39 is 17.7 Å². The van der Waals surface area contributed by atoms with Gasteiger partial charge in [0, 0.05) is 31.6 Å². The minimum atomic E-state index is -5.08. The molecule has 1 unspecified atom stereocenters. The van der Waals surface area contributed by atoms with Crippen molar-refractivity contribution in [3.8, 4) is 0 Å². The number of nitrogens with zero attached hydrogens (tertiary/aromatic N) is 3. The maximum absolute atomic E-state index is 12.9. The Kier molecular flexibility index (Phi) is 6.94. The SMILES string of the molecule is Cc1c(C(=O)N2CC3(C2)CN(C)C(C(=O)N(C)C)CO3)oc2ccccc12.O=C(O)C(F)(F)F. The first-order valence-electron chi connectivity index (χ1n) is 10.4. The lowest BCUT2D eigenvalue weighted by Gasteiger charge is -2.54. The van der Waals surface area contributed by atoms with Crippen LogP contribution in [0.2, 0.25) is 0 Å². The van der Waals surface area contributed by atoms with Gasteiger partial charge >= 0.3 is 12.1 Å². The smallest absolute Gasteiger partial charge is 0.475 e. The van der Waals surface area contributed by atoms with Crippen LogP contribution in [0.3, 0.4) is 0 Å². The molecule has 3 heterocycles. The summed E-state index contributed by atoms with van der Waals surface area (Å²) in [4.78, 5) is 39.4. The zero-order chi connectivity index (χ0) is 25.4. The third-order valence-electron chi connectivity index (χ3n) is 5.87. The van der Waals surface area contributed by atoms with E-state index in [2.05, 4.69) is 0 Å². The largest absolute Gasteiger partial charge is 0.490 e. The monoisotopic (exact) mass is 485 g/mol. The predicted molar refractivity (Wildman–Crippen MR) is 114 cm³/mol. The Morgan fingerprint density at radius 3 is 2.24 bits per heavy atom. The minimum Gasteiger partial charge on any atom is -0.475 e. The number of hydrogen-bond acceptors (Lipinski definition) is 6. The number of morpholine rings is 1. The Hall–Kier alpha value is -3.12. The summed E-state index contributed by atoms with van der Waals surface area (Å²) < 4.78 is 43.6. The van der Waals surface area contributed by atoms with Gasteiger partial charge in [0.05, 0.1) is 19.7 Å². The van der Waals surface area contributed by atoms with Crippen molar-refractivity contribution >= 4 is 28.8 Å². The van der Waals surface area contributed by atoms with Crippen LogP contribution < -0.4 is 0 Å². The summed E-state index contributed by atoms with van der Waals surface area (Å²) in [5.74, 6) is -2.42. The molecule has 0 radical (unpaired) electrons. The molecule has 12 heteroatoms. The molecule has 1 N–H and O–H groups in total. The summed E-state index contributed by atoms with van der Waals surface area (Å²) in [5.41, 5.74) is 1.20. The van der Waals surface area contributed by atoms with E-state index in [1.54, 1.807) is 23.9 Å². The molecule has 4 rings (SSSR count).